The minimum Gasteiger partial charge on any atom is -0.436 e. The highest BCUT2D eigenvalue weighted by atomic mass is 16.3. The maximum atomic E-state index is 5.65. The number of rotatable bonds is 0. The van der Waals surface area contributed by atoms with E-state index in [-0.39, 0.29) is 0 Å². The molecule has 0 radical (unpaired) electrons. The number of benzene rings is 1. The molecule has 17 heavy (non-hydrogen) atoms. The zero-order valence-electron chi connectivity index (χ0n) is 8.79. The molecule has 0 aliphatic carbocycles. The van der Waals surface area contributed by atoms with Crippen LogP contribution in [0.15, 0.2) is 47.3 Å². The summed E-state index contributed by atoms with van der Waals surface area (Å²) in [5, 5.41) is 1.92. The fourth-order valence-electron chi connectivity index (χ4n) is 2.03. The number of hydrogen-bond acceptors (Lipinski definition) is 4. The molecule has 80 valence electrons. The molecule has 0 spiro atoms. The van der Waals surface area contributed by atoms with Gasteiger partial charge >= 0.3 is 0 Å². The molecule has 4 rings (SSSR count). The molecule has 3 aromatic heterocycles. The summed E-state index contributed by atoms with van der Waals surface area (Å²) in [5.41, 5.74) is 3.10. The molecule has 0 fully saturated rings. The first-order valence-corrected chi connectivity index (χ1v) is 5.30. The molecule has 0 aliphatic rings. The average molecular weight is 221 g/mol. The fraction of sp³-hybridized carbons (Fsp3) is 0. The third kappa shape index (κ3) is 1.15. The Kier molecular flexibility index (Phi) is 1.53. The largest absolute Gasteiger partial charge is 0.436 e. The topological polar surface area (TPSA) is 51.8 Å². The van der Waals surface area contributed by atoms with Crippen LogP contribution in [0.1, 0.15) is 0 Å². The van der Waals surface area contributed by atoms with Gasteiger partial charge in [0.1, 0.15) is 11.8 Å². The first-order valence-electron chi connectivity index (χ1n) is 5.30. The van der Waals surface area contributed by atoms with Crippen LogP contribution in [-0.2, 0) is 0 Å². The second-order valence-corrected chi connectivity index (χ2v) is 3.87. The van der Waals surface area contributed by atoms with Crippen molar-refractivity contribution in [2.75, 3.05) is 0 Å². The molecule has 4 nitrogen and oxygen atoms in total. The van der Waals surface area contributed by atoms with Crippen LogP contribution in [0.3, 0.4) is 0 Å². The molecule has 1 aromatic carbocycles. The van der Waals surface area contributed by atoms with Crippen LogP contribution in [0.5, 0.6) is 0 Å². The second-order valence-electron chi connectivity index (χ2n) is 3.87. The Morgan fingerprint density at radius 3 is 3.06 bits per heavy atom. The van der Waals surface area contributed by atoms with Gasteiger partial charge in [0.2, 0.25) is 5.71 Å². The summed E-state index contributed by atoms with van der Waals surface area (Å²) in [6.45, 7) is 0. The van der Waals surface area contributed by atoms with Gasteiger partial charge in [0, 0.05) is 11.6 Å². The maximum absolute atomic E-state index is 5.65. The van der Waals surface area contributed by atoms with Crippen molar-refractivity contribution in [1.82, 2.24) is 15.0 Å². The molecule has 0 saturated carbocycles. The van der Waals surface area contributed by atoms with Gasteiger partial charge in [0.25, 0.3) is 0 Å². The van der Waals surface area contributed by atoms with Gasteiger partial charge in [0.15, 0.2) is 5.58 Å². The summed E-state index contributed by atoms with van der Waals surface area (Å²) in [4.78, 5) is 12.7. The Morgan fingerprint density at radius 1 is 1.12 bits per heavy atom. The maximum Gasteiger partial charge on any atom is 0.232 e. The third-order valence-electron chi connectivity index (χ3n) is 2.83. The van der Waals surface area contributed by atoms with Crippen LogP contribution in [-0.4, -0.2) is 15.0 Å². The molecule has 0 bridgehead atoms. The van der Waals surface area contributed by atoms with E-state index in [1.807, 2.05) is 30.3 Å². The molecule has 4 aromatic rings. The quantitative estimate of drug-likeness (QED) is 0.458. The van der Waals surface area contributed by atoms with Gasteiger partial charge in [-0.3, -0.25) is 0 Å². The molecular formula is C13H7N3O. The molecule has 0 saturated heterocycles. The van der Waals surface area contributed by atoms with Gasteiger partial charge in [0.05, 0.1) is 10.9 Å². The van der Waals surface area contributed by atoms with Crippen LogP contribution < -0.4 is 0 Å². The van der Waals surface area contributed by atoms with E-state index < -0.39 is 0 Å². The predicted molar refractivity (Wildman–Crippen MR) is 64.6 cm³/mol. The third-order valence-corrected chi connectivity index (χ3v) is 2.83. The van der Waals surface area contributed by atoms with E-state index in [0.29, 0.717) is 5.71 Å². The van der Waals surface area contributed by atoms with Crippen molar-refractivity contribution in [3.8, 4) is 0 Å². The van der Waals surface area contributed by atoms with Crippen LogP contribution in [0.25, 0.3) is 33.1 Å². The van der Waals surface area contributed by atoms with Crippen molar-refractivity contribution in [3.63, 3.8) is 0 Å². The number of furan rings is 1. The Hall–Kier alpha value is -2.49. The van der Waals surface area contributed by atoms with Crippen LogP contribution in [0.2, 0.25) is 0 Å². The summed E-state index contributed by atoms with van der Waals surface area (Å²) < 4.78 is 5.65. The van der Waals surface area contributed by atoms with Gasteiger partial charge in [-0.15, -0.1) is 0 Å². The smallest absolute Gasteiger partial charge is 0.232 e. The van der Waals surface area contributed by atoms with E-state index in [4.69, 9.17) is 4.42 Å². The lowest BCUT2D eigenvalue weighted by atomic mass is 10.2. The molecular weight excluding hydrogens is 214 g/mol. The Bertz CT molecular complexity index is 845. The minimum atomic E-state index is 0.581. The second kappa shape index (κ2) is 3.01. The fourth-order valence-corrected chi connectivity index (χ4v) is 2.03. The summed E-state index contributed by atoms with van der Waals surface area (Å²) in [6, 6.07) is 9.94. The molecule has 0 aliphatic heterocycles. The molecule has 0 amide bonds. The van der Waals surface area contributed by atoms with E-state index in [9.17, 15) is 0 Å². The van der Waals surface area contributed by atoms with E-state index in [1.54, 1.807) is 6.20 Å². The monoisotopic (exact) mass is 221 g/mol. The summed E-state index contributed by atoms with van der Waals surface area (Å²) >= 11 is 0. The van der Waals surface area contributed by atoms with Crippen molar-refractivity contribution in [3.05, 3.63) is 42.9 Å². The van der Waals surface area contributed by atoms with Gasteiger partial charge in [-0.1, -0.05) is 18.2 Å². The first-order chi connectivity index (χ1) is 8.42. The van der Waals surface area contributed by atoms with Gasteiger partial charge in [-0.25, -0.2) is 15.0 Å². The normalized spacial score (nSPS) is 11.5. The standard InChI is InChI=1S/C13H7N3O/c1-2-4-10-8(3-1)5-11-12(16-10)9-6-14-7-15-13(9)17-11/h1-7H. The number of aromatic nitrogens is 3. The van der Waals surface area contributed by atoms with Crippen LogP contribution in [0, 0.1) is 0 Å². The zero-order valence-corrected chi connectivity index (χ0v) is 8.79. The highest BCUT2D eigenvalue weighted by Gasteiger charge is 2.09. The number of hydrogen-bond donors (Lipinski definition) is 0. The van der Waals surface area contributed by atoms with E-state index in [0.717, 1.165) is 27.4 Å². The Balaban J connectivity index is 2.28. The zero-order chi connectivity index (χ0) is 11.2. The van der Waals surface area contributed by atoms with E-state index in [2.05, 4.69) is 15.0 Å². The van der Waals surface area contributed by atoms with E-state index >= 15 is 0 Å². The van der Waals surface area contributed by atoms with E-state index in [1.165, 1.54) is 6.33 Å². The van der Waals surface area contributed by atoms with Gasteiger partial charge in [-0.05, 0) is 12.1 Å². The lowest BCUT2D eigenvalue weighted by Gasteiger charge is -1.95. The van der Waals surface area contributed by atoms with Crippen LogP contribution in [0.4, 0.5) is 0 Å². The number of pyridine rings is 1. The predicted octanol–water partition coefficient (Wildman–Crippen LogP) is 2.92. The summed E-state index contributed by atoms with van der Waals surface area (Å²) in [7, 11) is 0. The summed E-state index contributed by atoms with van der Waals surface area (Å²) in [5.74, 6) is 0. The lowest BCUT2D eigenvalue weighted by Crippen LogP contribution is -1.79. The van der Waals surface area contributed by atoms with Crippen LogP contribution >= 0.6 is 0 Å². The Labute approximate surface area is 95.9 Å². The molecule has 0 atom stereocenters. The number of fused-ring (bicyclic) bond motifs is 4. The van der Waals surface area contributed by atoms with Gasteiger partial charge in [-0.2, -0.15) is 0 Å². The molecule has 0 unspecified atom stereocenters. The number of para-hydroxylation sites is 1. The Morgan fingerprint density at radius 2 is 2.06 bits per heavy atom. The molecule has 3 heterocycles. The van der Waals surface area contributed by atoms with Crippen molar-refractivity contribution < 1.29 is 4.42 Å². The molecule has 4 heteroatoms. The molecule has 0 N–H and O–H groups in total. The SMILES string of the molecule is c1ccc2nc3c(cc2c1)oc1ncncc13. The van der Waals surface area contributed by atoms with Crippen molar-refractivity contribution >= 4 is 33.1 Å². The number of nitrogens with zero attached hydrogens (tertiary/aromatic N) is 3. The highest BCUT2D eigenvalue weighted by molar-refractivity contribution is 6.04. The minimum absolute atomic E-state index is 0.581. The lowest BCUT2D eigenvalue weighted by molar-refractivity contribution is 0.652. The average Bonchev–Trinajstić information content (AvgIpc) is 2.73. The van der Waals surface area contributed by atoms with Crippen molar-refractivity contribution in [2.24, 2.45) is 0 Å². The van der Waals surface area contributed by atoms with Crippen molar-refractivity contribution in [2.45, 2.75) is 0 Å². The first kappa shape index (κ1) is 8.64. The summed E-state index contributed by atoms with van der Waals surface area (Å²) in [6.07, 6.45) is 3.21. The van der Waals surface area contributed by atoms with Crippen molar-refractivity contribution in [1.29, 1.82) is 0 Å². The van der Waals surface area contributed by atoms with Gasteiger partial charge < -0.3 is 4.42 Å². The highest BCUT2D eigenvalue weighted by Crippen LogP contribution is 2.27.